The van der Waals surface area contributed by atoms with Crippen LogP contribution in [0.4, 0.5) is 13.6 Å². The highest BCUT2D eigenvalue weighted by molar-refractivity contribution is 5.94. The molecule has 1 fully saturated rings. The minimum atomic E-state index is -0.743. The first-order valence-corrected chi connectivity index (χ1v) is 6.80. The normalized spacial score (nSPS) is 15.0. The van der Waals surface area contributed by atoms with Crippen molar-refractivity contribution in [2.24, 2.45) is 0 Å². The fourth-order valence-corrected chi connectivity index (χ4v) is 2.21. The van der Waals surface area contributed by atoms with Crippen molar-refractivity contribution in [3.63, 3.8) is 0 Å². The summed E-state index contributed by atoms with van der Waals surface area (Å²) in [5.74, 6) is -1.95. The lowest BCUT2D eigenvalue weighted by atomic mass is 10.1. The van der Waals surface area contributed by atoms with E-state index >= 15 is 0 Å². The van der Waals surface area contributed by atoms with Gasteiger partial charge in [-0.05, 0) is 25.1 Å². The maximum atomic E-state index is 13.6. The Balaban J connectivity index is 2.00. The topological polar surface area (TPSA) is 52.7 Å². The molecule has 0 radical (unpaired) electrons. The minimum absolute atomic E-state index is 0.179. The molecule has 0 unspecified atom stereocenters. The summed E-state index contributed by atoms with van der Waals surface area (Å²) >= 11 is 0. The number of halogens is 2. The van der Waals surface area contributed by atoms with Gasteiger partial charge in [-0.25, -0.2) is 13.6 Å². The standard InChI is InChI=1S/C14H17F2N3O2/c1-2-17-14(21)19-7-5-18(6-8-19)13(20)11-9-10(15)3-4-12(11)16/h3-4,9H,2,5-8H2,1H3,(H,17,21). The molecule has 1 heterocycles. The summed E-state index contributed by atoms with van der Waals surface area (Å²) in [5, 5.41) is 2.68. The van der Waals surface area contributed by atoms with E-state index in [1.165, 1.54) is 4.90 Å². The molecule has 1 aromatic carbocycles. The predicted octanol–water partition coefficient (Wildman–Crippen LogP) is 1.45. The van der Waals surface area contributed by atoms with Crippen molar-refractivity contribution in [1.29, 1.82) is 0 Å². The Bertz CT molecular complexity index is 543. The highest BCUT2D eigenvalue weighted by Gasteiger charge is 2.26. The van der Waals surface area contributed by atoms with Crippen LogP contribution in [0.25, 0.3) is 0 Å². The van der Waals surface area contributed by atoms with Gasteiger partial charge in [-0.15, -0.1) is 0 Å². The Morgan fingerprint density at radius 2 is 1.76 bits per heavy atom. The molecule has 1 N–H and O–H groups in total. The third-order valence-electron chi connectivity index (χ3n) is 3.34. The first-order valence-electron chi connectivity index (χ1n) is 6.80. The van der Waals surface area contributed by atoms with Crippen molar-refractivity contribution in [2.45, 2.75) is 6.92 Å². The number of rotatable bonds is 2. The molecule has 0 aliphatic carbocycles. The average molecular weight is 297 g/mol. The highest BCUT2D eigenvalue weighted by Crippen LogP contribution is 2.14. The number of benzene rings is 1. The van der Waals surface area contributed by atoms with Crippen LogP contribution >= 0.6 is 0 Å². The summed E-state index contributed by atoms with van der Waals surface area (Å²) in [6, 6.07) is 2.63. The van der Waals surface area contributed by atoms with Gasteiger partial charge in [-0.1, -0.05) is 0 Å². The largest absolute Gasteiger partial charge is 0.338 e. The maximum Gasteiger partial charge on any atom is 0.317 e. The smallest absolute Gasteiger partial charge is 0.317 e. The van der Waals surface area contributed by atoms with Crippen molar-refractivity contribution >= 4 is 11.9 Å². The van der Waals surface area contributed by atoms with E-state index in [2.05, 4.69) is 5.32 Å². The monoisotopic (exact) mass is 297 g/mol. The Morgan fingerprint density at radius 3 is 2.38 bits per heavy atom. The number of carbonyl (C=O) groups is 2. The van der Waals surface area contributed by atoms with Crippen LogP contribution < -0.4 is 5.32 Å². The van der Waals surface area contributed by atoms with Crippen LogP contribution in [-0.2, 0) is 0 Å². The van der Waals surface area contributed by atoms with E-state index < -0.39 is 17.5 Å². The van der Waals surface area contributed by atoms with Crippen LogP contribution in [0.5, 0.6) is 0 Å². The number of hydrogen-bond acceptors (Lipinski definition) is 2. The summed E-state index contributed by atoms with van der Waals surface area (Å²) in [6.07, 6.45) is 0. The van der Waals surface area contributed by atoms with Crippen molar-refractivity contribution in [2.75, 3.05) is 32.7 Å². The zero-order valence-electron chi connectivity index (χ0n) is 11.7. The van der Waals surface area contributed by atoms with Gasteiger partial charge >= 0.3 is 6.03 Å². The average Bonchev–Trinajstić information content (AvgIpc) is 2.49. The lowest BCUT2D eigenvalue weighted by Gasteiger charge is -2.34. The third-order valence-corrected chi connectivity index (χ3v) is 3.34. The van der Waals surface area contributed by atoms with E-state index in [0.717, 1.165) is 18.2 Å². The van der Waals surface area contributed by atoms with Gasteiger partial charge in [0.15, 0.2) is 0 Å². The molecule has 2 rings (SSSR count). The van der Waals surface area contributed by atoms with Gasteiger partial charge in [0.2, 0.25) is 0 Å². The van der Waals surface area contributed by atoms with E-state index in [1.807, 2.05) is 6.92 Å². The molecular weight excluding hydrogens is 280 g/mol. The van der Waals surface area contributed by atoms with Gasteiger partial charge in [0.05, 0.1) is 5.56 Å². The molecule has 21 heavy (non-hydrogen) atoms. The number of urea groups is 1. The van der Waals surface area contributed by atoms with Gasteiger partial charge in [0.25, 0.3) is 5.91 Å². The summed E-state index contributed by atoms with van der Waals surface area (Å²) in [7, 11) is 0. The van der Waals surface area contributed by atoms with Crippen LogP contribution in [0, 0.1) is 11.6 Å². The van der Waals surface area contributed by atoms with Gasteiger partial charge < -0.3 is 15.1 Å². The van der Waals surface area contributed by atoms with Gasteiger partial charge in [-0.2, -0.15) is 0 Å². The van der Waals surface area contributed by atoms with Gasteiger partial charge in [-0.3, -0.25) is 4.79 Å². The Morgan fingerprint density at radius 1 is 1.14 bits per heavy atom. The molecule has 0 saturated carbocycles. The van der Waals surface area contributed by atoms with E-state index in [9.17, 15) is 18.4 Å². The number of nitrogens with one attached hydrogen (secondary N) is 1. The molecule has 114 valence electrons. The summed E-state index contributed by atoms with van der Waals surface area (Å²) in [5.41, 5.74) is -0.276. The van der Waals surface area contributed by atoms with Crippen LogP contribution in [0.15, 0.2) is 18.2 Å². The lowest BCUT2D eigenvalue weighted by Crippen LogP contribution is -2.53. The van der Waals surface area contributed by atoms with E-state index in [1.54, 1.807) is 4.90 Å². The minimum Gasteiger partial charge on any atom is -0.338 e. The van der Waals surface area contributed by atoms with Gasteiger partial charge in [0.1, 0.15) is 11.6 Å². The highest BCUT2D eigenvalue weighted by atomic mass is 19.1. The molecule has 0 atom stereocenters. The Hall–Kier alpha value is -2.18. The second kappa shape index (κ2) is 6.51. The Labute approximate surface area is 121 Å². The van der Waals surface area contributed by atoms with E-state index in [4.69, 9.17) is 0 Å². The van der Waals surface area contributed by atoms with Crippen molar-refractivity contribution in [1.82, 2.24) is 15.1 Å². The Kier molecular flexibility index (Phi) is 4.72. The zero-order valence-corrected chi connectivity index (χ0v) is 11.7. The number of nitrogens with zero attached hydrogens (tertiary/aromatic N) is 2. The number of amides is 3. The lowest BCUT2D eigenvalue weighted by molar-refractivity contribution is 0.0660. The first kappa shape index (κ1) is 15.2. The quantitative estimate of drug-likeness (QED) is 0.898. The molecule has 0 aromatic heterocycles. The molecule has 0 bridgehead atoms. The molecule has 1 saturated heterocycles. The second-order valence-electron chi connectivity index (χ2n) is 4.74. The van der Waals surface area contributed by atoms with Gasteiger partial charge in [0, 0.05) is 32.7 Å². The van der Waals surface area contributed by atoms with Crippen LogP contribution in [-0.4, -0.2) is 54.5 Å². The molecule has 5 nitrogen and oxygen atoms in total. The summed E-state index contributed by atoms with van der Waals surface area (Å²) < 4.78 is 26.7. The van der Waals surface area contributed by atoms with Crippen molar-refractivity contribution in [3.8, 4) is 0 Å². The van der Waals surface area contributed by atoms with Crippen molar-refractivity contribution in [3.05, 3.63) is 35.4 Å². The maximum absolute atomic E-state index is 13.6. The SMILES string of the molecule is CCNC(=O)N1CCN(C(=O)c2cc(F)ccc2F)CC1. The molecule has 1 aliphatic rings. The fourth-order valence-electron chi connectivity index (χ4n) is 2.21. The molecule has 1 aliphatic heterocycles. The summed E-state index contributed by atoms with van der Waals surface area (Å²) in [4.78, 5) is 26.8. The third kappa shape index (κ3) is 3.48. The molecule has 7 heteroatoms. The second-order valence-corrected chi connectivity index (χ2v) is 4.74. The molecule has 0 spiro atoms. The summed E-state index contributed by atoms with van der Waals surface area (Å²) in [6.45, 7) is 3.69. The van der Waals surface area contributed by atoms with Crippen LogP contribution in [0.2, 0.25) is 0 Å². The number of piperazine rings is 1. The zero-order chi connectivity index (χ0) is 15.4. The predicted molar refractivity (Wildman–Crippen MR) is 72.9 cm³/mol. The van der Waals surface area contributed by atoms with Crippen molar-refractivity contribution < 1.29 is 18.4 Å². The fraction of sp³-hybridized carbons (Fsp3) is 0.429. The molecule has 1 aromatic rings. The molecule has 3 amide bonds. The van der Waals surface area contributed by atoms with E-state index in [0.29, 0.717) is 32.7 Å². The van der Waals surface area contributed by atoms with Crippen LogP contribution in [0.3, 0.4) is 0 Å². The molecular formula is C14H17F2N3O2. The number of hydrogen-bond donors (Lipinski definition) is 1. The number of carbonyl (C=O) groups excluding carboxylic acids is 2. The van der Waals surface area contributed by atoms with E-state index in [-0.39, 0.29) is 11.6 Å². The van der Waals surface area contributed by atoms with Crippen LogP contribution in [0.1, 0.15) is 17.3 Å². The first-order chi connectivity index (χ1) is 10.0.